The predicted octanol–water partition coefficient (Wildman–Crippen LogP) is 1.29. The van der Waals surface area contributed by atoms with Gasteiger partial charge in [-0.25, -0.2) is 9.59 Å². The maximum atomic E-state index is 11.8. The number of imide groups is 1. The third kappa shape index (κ3) is 5.73. The standard InChI is InChI=1S/C14H17N3O6/c1-8(2)15-14(20)16-12(18)7-23-13(19)10-4-5-11(17(21)22)9(3)6-10/h4-6,8H,7H2,1-3H3,(H2,15,16,18,20). The van der Waals surface area contributed by atoms with E-state index in [1.54, 1.807) is 13.8 Å². The number of nitro benzene ring substituents is 1. The lowest BCUT2D eigenvalue weighted by Gasteiger charge is -2.09. The molecule has 0 unspecified atom stereocenters. The van der Waals surface area contributed by atoms with Crippen LogP contribution in [0.1, 0.15) is 29.8 Å². The Morgan fingerprint density at radius 1 is 1.30 bits per heavy atom. The molecule has 0 aliphatic rings. The molecule has 0 spiro atoms. The van der Waals surface area contributed by atoms with E-state index in [2.05, 4.69) is 5.32 Å². The molecule has 23 heavy (non-hydrogen) atoms. The molecule has 9 heteroatoms. The molecular weight excluding hydrogens is 306 g/mol. The van der Waals surface area contributed by atoms with E-state index in [0.717, 1.165) is 0 Å². The highest BCUT2D eigenvalue weighted by atomic mass is 16.6. The second-order valence-electron chi connectivity index (χ2n) is 5.01. The lowest BCUT2D eigenvalue weighted by Crippen LogP contribution is -2.44. The van der Waals surface area contributed by atoms with Crippen LogP contribution in [0.3, 0.4) is 0 Å². The number of aryl methyl sites for hydroxylation is 1. The average Bonchev–Trinajstić information content (AvgIpc) is 2.43. The lowest BCUT2D eigenvalue weighted by molar-refractivity contribution is -0.385. The van der Waals surface area contributed by atoms with Gasteiger partial charge in [-0.05, 0) is 32.9 Å². The van der Waals surface area contributed by atoms with E-state index in [1.165, 1.54) is 25.1 Å². The molecule has 9 nitrogen and oxygen atoms in total. The topological polar surface area (TPSA) is 128 Å². The van der Waals surface area contributed by atoms with E-state index in [9.17, 15) is 24.5 Å². The van der Waals surface area contributed by atoms with Crippen molar-refractivity contribution in [3.8, 4) is 0 Å². The molecule has 0 fully saturated rings. The second-order valence-corrected chi connectivity index (χ2v) is 5.01. The van der Waals surface area contributed by atoms with Gasteiger partial charge in [0.2, 0.25) is 0 Å². The molecule has 2 N–H and O–H groups in total. The number of amides is 3. The number of rotatable bonds is 5. The largest absolute Gasteiger partial charge is 0.452 e. The summed E-state index contributed by atoms with van der Waals surface area (Å²) in [6.45, 7) is 4.29. The zero-order valence-electron chi connectivity index (χ0n) is 12.9. The summed E-state index contributed by atoms with van der Waals surface area (Å²) < 4.78 is 4.75. The fourth-order valence-electron chi connectivity index (χ4n) is 1.66. The Morgan fingerprint density at radius 3 is 2.48 bits per heavy atom. The van der Waals surface area contributed by atoms with Gasteiger partial charge in [-0.15, -0.1) is 0 Å². The fourth-order valence-corrected chi connectivity index (χ4v) is 1.66. The van der Waals surface area contributed by atoms with Crippen LogP contribution in [0.25, 0.3) is 0 Å². The summed E-state index contributed by atoms with van der Waals surface area (Å²) in [5.41, 5.74) is 0.252. The van der Waals surface area contributed by atoms with Crippen LogP contribution in [0, 0.1) is 17.0 Å². The van der Waals surface area contributed by atoms with Crippen LogP contribution in [-0.4, -0.2) is 35.5 Å². The van der Waals surface area contributed by atoms with Crippen LogP contribution in [0.2, 0.25) is 0 Å². The minimum Gasteiger partial charge on any atom is -0.452 e. The smallest absolute Gasteiger partial charge is 0.338 e. The van der Waals surface area contributed by atoms with Crippen LogP contribution < -0.4 is 10.6 Å². The third-order valence-electron chi connectivity index (χ3n) is 2.64. The number of carbonyl (C=O) groups excluding carboxylic acids is 3. The van der Waals surface area contributed by atoms with Crippen LogP contribution >= 0.6 is 0 Å². The highest BCUT2D eigenvalue weighted by molar-refractivity contribution is 5.97. The lowest BCUT2D eigenvalue weighted by atomic mass is 10.1. The van der Waals surface area contributed by atoms with Crippen molar-refractivity contribution in [2.45, 2.75) is 26.8 Å². The van der Waals surface area contributed by atoms with E-state index in [0.29, 0.717) is 5.56 Å². The van der Waals surface area contributed by atoms with Crippen LogP contribution in [0.4, 0.5) is 10.5 Å². The first-order chi connectivity index (χ1) is 10.7. The first kappa shape index (κ1) is 18.1. The van der Waals surface area contributed by atoms with Crippen molar-refractivity contribution in [1.29, 1.82) is 0 Å². The van der Waals surface area contributed by atoms with E-state index < -0.39 is 29.4 Å². The average molecular weight is 323 g/mol. The molecule has 0 bridgehead atoms. The number of carbonyl (C=O) groups is 3. The molecule has 0 heterocycles. The first-order valence-electron chi connectivity index (χ1n) is 6.73. The molecule has 1 aromatic carbocycles. The van der Waals surface area contributed by atoms with Gasteiger partial charge >= 0.3 is 12.0 Å². The maximum absolute atomic E-state index is 11.8. The number of benzene rings is 1. The molecule has 0 saturated heterocycles. The van der Waals surface area contributed by atoms with Gasteiger partial charge in [0.05, 0.1) is 10.5 Å². The highest BCUT2D eigenvalue weighted by Gasteiger charge is 2.16. The van der Waals surface area contributed by atoms with Crippen molar-refractivity contribution in [3.05, 3.63) is 39.4 Å². The zero-order chi connectivity index (χ0) is 17.6. The number of esters is 1. The Kier molecular flexibility index (Phi) is 6.19. The molecule has 0 saturated carbocycles. The molecule has 3 amide bonds. The SMILES string of the molecule is Cc1cc(C(=O)OCC(=O)NC(=O)NC(C)C)ccc1[N+](=O)[O-]. The van der Waals surface area contributed by atoms with Crippen molar-refractivity contribution in [1.82, 2.24) is 10.6 Å². The van der Waals surface area contributed by atoms with Crippen LogP contribution in [0.5, 0.6) is 0 Å². The van der Waals surface area contributed by atoms with E-state index in [1.807, 2.05) is 5.32 Å². The predicted molar refractivity (Wildman–Crippen MR) is 79.9 cm³/mol. The molecule has 0 aliphatic heterocycles. The third-order valence-corrected chi connectivity index (χ3v) is 2.64. The monoisotopic (exact) mass is 323 g/mol. The van der Waals surface area contributed by atoms with Crippen LogP contribution in [-0.2, 0) is 9.53 Å². The van der Waals surface area contributed by atoms with Crippen molar-refractivity contribution >= 4 is 23.6 Å². The van der Waals surface area contributed by atoms with Gasteiger partial charge in [0, 0.05) is 17.7 Å². The molecule has 0 atom stereocenters. The van der Waals surface area contributed by atoms with Gasteiger partial charge in [-0.3, -0.25) is 20.2 Å². The number of nitrogens with one attached hydrogen (secondary N) is 2. The Labute approximate surface area is 132 Å². The number of nitro groups is 1. The Morgan fingerprint density at radius 2 is 1.96 bits per heavy atom. The summed E-state index contributed by atoms with van der Waals surface area (Å²) in [7, 11) is 0. The van der Waals surface area contributed by atoms with E-state index in [4.69, 9.17) is 4.74 Å². The van der Waals surface area contributed by atoms with Crippen molar-refractivity contribution in [3.63, 3.8) is 0 Å². The van der Waals surface area contributed by atoms with E-state index >= 15 is 0 Å². The van der Waals surface area contributed by atoms with E-state index in [-0.39, 0.29) is 17.3 Å². The number of nitrogens with zero attached hydrogens (tertiary/aromatic N) is 1. The summed E-state index contributed by atoms with van der Waals surface area (Å²) >= 11 is 0. The summed E-state index contributed by atoms with van der Waals surface area (Å²) in [5, 5.41) is 15.1. The van der Waals surface area contributed by atoms with Gasteiger partial charge in [0.25, 0.3) is 11.6 Å². The molecule has 0 aromatic heterocycles. The maximum Gasteiger partial charge on any atom is 0.338 e. The summed E-state index contributed by atoms with van der Waals surface area (Å²) in [6.07, 6.45) is 0. The zero-order valence-corrected chi connectivity index (χ0v) is 12.9. The van der Waals surface area contributed by atoms with Crippen molar-refractivity contribution in [2.75, 3.05) is 6.61 Å². The van der Waals surface area contributed by atoms with Gasteiger partial charge in [-0.1, -0.05) is 0 Å². The van der Waals surface area contributed by atoms with Gasteiger partial charge in [-0.2, -0.15) is 0 Å². The minimum absolute atomic E-state index is 0.0764. The van der Waals surface area contributed by atoms with Gasteiger partial charge < -0.3 is 10.1 Å². The molecule has 1 aromatic rings. The summed E-state index contributed by atoms with van der Waals surface area (Å²) in [4.78, 5) is 44.6. The van der Waals surface area contributed by atoms with Gasteiger partial charge in [0.1, 0.15) is 0 Å². The Balaban J connectivity index is 2.57. The number of ether oxygens (including phenoxy) is 1. The molecular formula is C14H17N3O6. The number of hydrogen-bond acceptors (Lipinski definition) is 6. The van der Waals surface area contributed by atoms with Crippen molar-refractivity contribution in [2.24, 2.45) is 0 Å². The Bertz CT molecular complexity index is 641. The van der Waals surface area contributed by atoms with Crippen molar-refractivity contribution < 1.29 is 24.0 Å². The quantitative estimate of drug-likeness (QED) is 0.477. The molecule has 1 rings (SSSR count). The highest BCUT2D eigenvalue weighted by Crippen LogP contribution is 2.19. The normalized spacial score (nSPS) is 10.1. The molecule has 0 radical (unpaired) electrons. The first-order valence-corrected chi connectivity index (χ1v) is 6.73. The van der Waals surface area contributed by atoms with Gasteiger partial charge in [0.15, 0.2) is 6.61 Å². The van der Waals surface area contributed by atoms with Crippen LogP contribution in [0.15, 0.2) is 18.2 Å². The minimum atomic E-state index is -0.817. The molecule has 124 valence electrons. The summed E-state index contributed by atoms with van der Waals surface area (Å²) in [6, 6.07) is 2.88. The number of hydrogen-bond donors (Lipinski definition) is 2. The second kappa shape index (κ2) is 7.87. The fraction of sp³-hybridized carbons (Fsp3) is 0.357. The molecule has 0 aliphatic carbocycles. The number of urea groups is 1. The summed E-state index contributed by atoms with van der Waals surface area (Å²) in [5.74, 6) is -1.60. The Hall–Kier alpha value is -2.97.